The molecule has 3 heterocycles. The molecule has 0 unspecified atom stereocenters. The number of nitrogens with one attached hydrogen (secondary N) is 2. The summed E-state index contributed by atoms with van der Waals surface area (Å²) in [5, 5.41) is 10.4. The van der Waals surface area contributed by atoms with E-state index in [1.54, 1.807) is 24.3 Å². The zero-order valence-corrected chi connectivity index (χ0v) is 20.7. The lowest BCUT2D eigenvalue weighted by atomic mass is 10.0. The predicted octanol–water partition coefficient (Wildman–Crippen LogP) is 4.37. The highest BCUT2D eigenvalue weighted by atomic mass is 19.4. The van der Waals surface area contributed by atoms with Crippen molar-refractivity contribution in [2.75, 3.05) is 25.5 Å². The minimum Gasteiger partial charge on any atom is -0.379 e. The summed E-state index contributed by atoms with van der Waals surface area (Å²) < 4.78 is 61.7. The van der Waals surface area contributed by atoms with Crippen molar-refractivity contribution in [3.8, 4) is 11.5 Å². The Morgan fingerprint density at radius 2 is 2.11 bits per heavy atom. The van der Waals surface area contributed by atoms with Gasteiger partial charge in [0.15, 0.2) is 0 Å². The van der Waals surface area contributed by atoms with Gasteiger partial charge in [-0.2, -0.15) is 18.2 Å². The molecule has 0 radical (unpaired) electrons. The number of hydrogen-bond donors (Lipinski definition) is 2. The van der Waals surface area contributed by atoms with Gasteiger partial charge in [0.2, 0.25) is 17.6 Å². The first kappa shape index (κ1) is 25.5. The van der Waals surface area contributed by atoms with Crippen LogP contribution in [0.5, 0.6) is 0 Å². The summed E-state index contributed by atoms with van der Waals surface area (Å²) >= 11 is 0. The summed E-state index contributed by atoms with van der Waals surface area (Å²) in [6.07, 6.45) is -3.24. The van der Waals surface area contributed by atoms with Crippen LogP contribution in [0.25, 0.3) is 22.4 Å². The van der Waals surface area contributed by atoms with Gasteiger partial charge in [-0.25, -0.2) is 4.39 Å². The van der Waals surface area contributed by atoms with E-state index in [9.17, 15) is 22.4 Å². The van der Waals surface area contributed by atoms with Gasteiger partial charge in [0.1, 0.15) is 12.7 Å². The maximum Gasteiger partial charge on any atom is 0.406 e. The number of likely N-dealkylation sites (tertiary alicyclic amines) is 1. The number of carbonyl (C=O) groups is 1. The van der Waals surface area contributed by atoms with Crippen molar-refractivity contribution < 1.29 is 26.9 Å². The highest BCUT2D eigenvalue weighted by molar-refractivity contribution is 5.96. The minimum atomic E-state index is -4.50. The fourth-order valence-electron chi connectivity index (χ4n) is 5.11. The Bertz CT molecular complexity index is 1270. The van der Waals surface area contributed by atoms with Crippen molar-refractivity contribution in [1.82, 2.24) is 24.9 Å². The van der Waals surface area contributed by atoms with Gasteiger partial charge in [0.05, 0.1) is 23.8 Å². The molecule has 1 saturated heterocycles. The molecule has 200 valence electrons. The highest BCUT2D eigenvalue weighted by Gasteiger charge is 2.41. The molecule has 1 aliphatic heterocycles. The number of aromatic nitrogens is 3. The van der Waals surface area contributed by atoms with E-state index in [1.807, 2.05) is 18.9 Å². The van der Waals surface area contributed by atoms with E-state index < -0.39 is 24.9 Å². The topological polar surface area (TPSA) is 88.2 Å². The number of fused-ring (bicyclic) bond motifs is 1. The second-order valence-corrected chi connectivity index (χ2v) is 10.0. The third-order valence-electron chi connectivity index (χ3n) is 7.26. The molecule has 5 rings (SSSR count). The largest absolute Gasteiger partial charge is 0.406 e. The molecule has 1 saturated carbocycles. The van der Waals surface area contributed by atoms with E-state index in [0.717, 1.165) is 24.0 Å². The zero-order valence-electron chi connectivity index (χ0n) is 20.7. The third-order valence-corrected chi connectivity index (χ3v) is 7.26. The monoisotopic (exact) mass is 522 g/mol. The van der Waals surface area contributed by atoms with Gasteiger partial charge in [0, 0.05) is 30.1 Å². The van der Waals surface area contributed by atoms with Gasteiger partial charge >= 0.3 is 6.18 Å². The first-order valence-corrected chi connectivity index (χ1v) is 12.5. The van der Waals surface area contributed by atoms with Crippen molar-refractivity contribution >= 4 is 22.5 Å². The molecule has 2 aromatic heterocycles. The van der Waals surface area contributed by atoms with E-state index in [-0.39, 0.29) is 42.3 Å². The average molecular weight is 523 g/mol. The standard InChI is InChI=1S/C25H30F4N6O2/c1-3-14-9-15(14)24(36)30-11-22-32-23(33-37-22)21-10-16-18(31-19-7-8-34(2)12-17(19)26)5-4-6-20(16)35(21)13-25(27,28)29/h4-6,10,14-15,17,19,31H,3,7-9,11-13H2,1-2H3,(H,30,36)/t14-,15-,17+,19-/m1/s1. The fraction of sp³-hybridized carbons (Fsp3) is 0.560. The summed E-state index contributed by atoms with van der Waals surface area (Å²) in [5.41, 5.74) is 0.985. The Balaban J connectivity index is 1.42. The number of carbonyl (C=O) groups excluding carboxylic acids is 1. The Hall–Kier alpha value is -3.15. The lowest BCUT2D eigenvalue weighted by Crippen LogP contribution is -2.46. The van der Waals surface area contributed by atoms with Crippen LogP contribution in [0.3, 0.4) is 0 Å². The van der Waals surface area contributed by atoms with E-state index in [4.69, 9.17) is 4.52 Å². The molecule has 2 N–H and O–H groups in total. The number of benzene rings is 1. The number of hydrogen-bond acceptors (Lipinski definition) is 6. The smallest absolute Gasteiger partial charge is 0.379 e. The van der Waals surface area contributed by atoms with Crippen LogP contribution in [0, 0.1) is 11.8 Å². The van der Waals surface area contributed by atoms with Crippen LogP contribution in [0.4, 0.5) is 23.2 Å². The minimum absolute atomic E-state index is 0.000906. The molecule has 1 aliphatic carbocycles. The van der Waals surface area contributed by atoms with E-state index in [2.05, 4.69) is 20.8 Å². The van der Waals surface area contributed by atoms with Crippen molar-refractivity contribution in [2.45, 2.75) is 57.7 Å². The zero-order chi connectivity index (χ0) is 26.3. The number of piperidine rings is 1. The van der Waals surface area contributed by atoms with Crippen LogP contribution in [0.15, 0.2) is 28.8 Å². The second kappa shape index (κ2) is 9.96. The Labute approximate surface area is 211 Å². The number of amides is 1. The van der Waals surface area contributed by atoms with Gasteiger partial charge in [-0.05, 0) is 44.0 Å². The normalized spacial score (nSPS) is 24.4. The molecule has 4 atom stereocenters. The van der Waals surface area contributed by atoms with Gasteiger partial charge in [-0.15, -0.1) is 0 Å². The summed E-state index contributed by atoms with van der Waals surface area (Å²) in [5.74, 6) is 0.373. The molecule has 12 heteroatoms. The van der Waals surface area contributed by atoms with Crippen molar-refractivity contribution in [3.63, 3.8) is 0 Å². The van der Waals surface area contributed by atoms with Gasteiger partial charge < -0.3 is 24.6 Å². The quantitative estimate of drug-likeness (QED) is 0.428. The Kier molecular flexibility index (Phi) is 6.86. The van der Waals surface area contributed by atoms with Crippen LogP contribution in [-0.4, -0.2) is 64.0 Å². The number of anilines is 1. The molecule has 2 fully saturated rings. The first-order valence-electron chi connectivity index (χ1n) is 12.5. The van der Waals surface area contributed by atoms with E-state index >= 15 is 0 Å². The number of rotatable bonds is 8. The molecular formula is C25H30F4N6O2. The van der Waals surface area contributed by atoms with E-state index in [0.29, 0.717) is 28.9 Å². The molecule has 0 spiro atoms. The maximum atomic E-state index is 14.7. The van der Waals surface area contributed by atoms with Crippen molar-refractivity contribution in [3.05, 3.63) is 30.2 Å². The summed E-state index contributed by atoms with van der Waals surface area (Å²) in [6, 6.07) is 6.07. The van der Waals surface area contributed by atoms with Gasteiger partial charge in [0.25, 0.3) is 0 Å². The molecule has 37 heavy (non-hydrogen) atoms. The maximum absolute atomic E-state index is 14.7. The van der Waals surface area contributed by atoms with Crippen LogP contribution < -0.4 is 10.6 Å². The summed E-state index contributed by atoms with van der Waals surface area (Å²) in [6.45, 7) is 1.79. The second-order valence-electron chi connectivity index (χ2n) is 10.0. The Morgan fingerprint density at radius 1 is 1.30 bits per heavy atom. The SMILES string of the molecule is CC[C@@H]1C[C@H]1C(=O)NCc1nc(-c2cc3c(N[C@@H]4CCN(C)C[C@@H]4F)cccc3n2CC(F)(F)F)no1. The van der Waals surface area contributed by atoms with Crippen LogP contribution in [0.2, 0.25) is 0 Å². The number of alkyl halides is 4. The Morgan fingerprint density at radius 3 is 2.81 bits per heavy atom. The molecule has 1 aromatic carbocycles. The number of nitrogens with zero attached hydrogens (tertiary/aromatic N) is 4. The van der Waals surface area contributed by atoms with Crippen molar-refractivity contribution in [2.24, 2.45) is 11.8 Å². The average Bonchev–Trinajstić information content (AvgIpc) is 3.35. The molecule has 2 aliphatic rings. The number of halogens is 4. The fourth-order valence-corrected chi connectivity index (χ4v) is 5.11. The molecule has 1 amide bonds. The van der Waals surface area contributed by atoms with Gasteiger partial charge in [-0.1, -0.05) is 24.6 Å². The van der Waals surface area contributed by atoms with Crippen molar-refractivity contribution in [1.29, 1.82) is 0 Å². The molecular weight excluding hydrogens is 492 g/mol. The van der Waals surface area contributed by atoms with Gasteiger partial charge in [-0.3, -0.25) is 4.79 Å². The lowest BCUT2D eigenvalue weighted by Gasteiger charge is -2.33. The highest BCUT2D eigenvalue weighted by Crippen LogP contribution is 2.41. The summed E-state index contributed by atoms with van der Waals surface area (Å²) in [4.78, 5) is 18.4. The van der Waals surface area contributed by atoms with Crippen LogP contribution in [-0.2, 0) is 17.9 Å². The van der Waals surface area contributed by atoms with E-state index in [1.165, 1.54) is 0 Å². The first-order chi connectivity index (χ1) is 17.6. The predicted molar refractivity (Wildman–Crippen MR) is 129 cm³/mol. The third kappa shape index (κ3) is 5.58. The lowest BCUT2D eigenvalue weighted by molar-refractivity contribution is -0.139. The molecule has 0 bridgehead atoms. The molecule has 3 aromatic rings. The van der Waals surface area contributed by atoms with Crippen LogP contribution >= 0.6 is 0 Å². The summed E-state index contributed by atoms with van der Waals surface area (Å²) in [7, 11) is 1.85. The molecule has 8 nitrogen and oxygen atoms in total. The van der Waals surface area contributed by atoms with Crippen LogP contribution in [0.1, 0.15) is 32.1 Å².